The minimum absolute atomic E-state index is 0.0637. The number of hydrogen-bond donors (Lipinski definition) is 1. The normalized spacial score (nSPS) is 29.1. The number of esters is 1. The molecule has 3 atom stereocenters. The highest BCUT2D eigenvalue weighted by Crippen LogP contribution is 2.29. The van der Waals surface area contributed by atoms with E-state index in [-0.39, 0.29) is 24.4 Å². The summed E-state index contributed by atoms with van der Waals surface area (Å²) in [6, 6.07) is -0.488. The van der Waals surface area contributed by atoms with Crippen LogP contribution in [0.2, 0.25) is 0 Å². The summed E-state index contributed by atoms with van der Waals surface area (Å²) in [6.45, 7) is 1.88. The molecular formula is C10H13NO5. The molecule has 0 aliphatic carbocycles. The Kier molecular flexibility index (Phi) is 2.57. The highest BCUT2D eigenvalue weighted by atomic mass is 16.6. The van der Waals surface area contributed by atoms with Gasteiger partial charge in [-0.2, -0.15) is 0 Å². The molecule has 2 fully saturated rings. The van der Waals surface area contributed by atoms with E-state index in [2.05, 4.69) is 0 Å². The average molecular weight is 227 g/mol. The van der Waals surface area contributed by atoms with Gasteiger partial charge in [-0.05, 0) is 0 Å². The Hall–Kier alpha value is -1.59. The number of morpholine rings is 1. The molecule has 88 valence electrons. The van der Waals surface area contributed by atoms with E-state index in [1.54, 1.807) is 0 Å². The monoisotopic (exact) mass is 227 g/mol. The van der Waals surface area contributed by atoms with Crippen molar-refractivity contribution in [2.45, 2.75) is 31.9 Å². The smallest absolute Gasteiger partial charge is 0.329 e. The molecule has 0 saturated carbocycles. The van der Waals surface area contributed by atoms with Crippen LogP contribution in [0.15, 0.2) is 0 Å². The van der Waals surface area contributed by atoms with Crippen LogP contribution in [-0.2, 0) is 19.1 Å². The van der Waals surface area contributed by atoms with E-state index >= 15 is 0 Å². The first-order chi connectivity index (χ1) is 7.49. The Labute approximate surface area is 92.2 Å². The third-order valence-electron chi connectivity index (χ3n) is 3.04. The summed E-state index contributed by atoms with van der Waals surface area (Å²) in [5.41, 5.74) is 0. The standard InChI is InChI=1S/C10H13NO5/c1-5(9(13)14)2-8(12)11-4-6-3-7(11)10(15)16-6/h5-7H,2-4H2,1H3,(H,13,14)/t5-,6-,7+/m0/s1. The zero-order valence-electron chi connectivity index (χ0n) is 8.88. The summed E-state index contributed by atoms with van der Waals surface area (Å²) in [5.74, 6) is -2.37. The fourth-order valence-electron chi connectivity index (χ4n) is 2.09. The van der Waals surface area contributed by atoms with Gasteiger partial charge < -0.3 is 14.7 Å². The van der Waals surface area contributed by atoms with Crippen molar-refractivity contribution in [2.75, 3.05) is 6.54 Å². The molecule has 2 rings (SSSR count). The zero-order valence-corrected chi connectivity index (χ0v) is 8.88. The van der Waals surface area contributed by atoms with Gasteiger partial charge in [-0.25, -0.2) is 4.79 Å². The summed E-state index contributed by atoms with van der Waals surface area (Å²) in [4.78, 5) is 35.0. The fourth-order valence-corrected chi connectivity index (χ4v) is 2.09. The minimum Gasteiger partial charge on any atom is -0.481 e. The highest BCUT2D eigenvalue weighted by molar-refractivity contribution is 5.89. The molecule has 0 radical (unpaired) electrons. The molecule has 1 N–H and O–H groups in total. The van der Waals surface area contributed by atoms with Crippen molar-refractivity contribution in [1.29, 1.82) is 0 Å². The Morgan fingerprint density at radius 3 is 2.81 bits per heavy atom. The first kappa shape index (κ1) is 10.9. The van der Waals surface area contributed by atoms with E-state index in [4.69, 9.17) is 9.84 Å². The molecule has 2 bridgehead atoms. The average Bonchev–Trinajstić information content (AvgIpc) is 2.75. The second-order valence-electron chi connectivity index (χ2n) is 4.30. The minimum atomic E-state index is -1.000. The van der Waals surface area contributed by atoms with Gasteiger partial charge in [0.1, 0.15) is 12.1 Å². The van der Waals surface area contributed by atoms with Gasteiger partial charge >= 0.3 is 11.9 Å². The quantitative estimate of drug-likeness (QED) is 0.664. The van der Waals surface area contributed by atoms with E-state index in [1.807, 2.05) is 0 Å². The molecule has 16 heavy (non-hydrogen) atoms. The summed E-state index contributed by atoms with van der Waals surface area (Å²) in [7, 11) is 0. The van der Waals surface area contributed by atoms with Crippen LogP contribution in [0.3, 0.4) is 0 Å². The van der Waals surface area contributed by atoms with E-state index in [1.165, 1.54) is 11.8 Å². The molecule has 1 amide bonds. The predicted molar refractivity (Wildman–Crippen MR) is 51.4 cm³/mol. The molecule has 0 aromatic heterocycles. The molecule has 0 aromatic carbocycles. The number of carbonyl (C=O) groups excluding carboxylic acids is 2. The number of fused-ring (bicyclic) bond motifs is 2. The van der Waals surface area contributed by atoms with E-state index in [0.29, 0.717) is 13.0 Å². The maximum atomic E-state index is 11.8. The number of hydrogen-bond acceptors (Lipinski definition) is 4. The molecule has 2 aliphatic heterocycles. The molecule has 0 unspecified atom stereocenters. The second kappa shape index (κ2) is 3.77. The first-order valence-electron chi connectivity index (χ1n) is 5.22. The molecule has 0 aromatic rings. The second-order valence-corrected chi connectivity index (χ2v) is 4.30. The number of rotatable bonds is 3. The Balaban J connectivity index is 1.96. The van der Waals surface area contributed by atoms with Gasteiger partial charge in [-0.15, -0.1) is 0 Å². The van der Waals surface area contributed by atoms with Crippen LogP contribution in [-0.4, -0.2) is 46.5 Å². The van der Waals surface area contributed by atoms with Crippen LogP contribution in [0.4, 0.5) is 0 Å². The van der Waals surface area contributed by atoms with Crippen LogP contribution in [0.1, 0.15) is 19.8 Å². The first-order valence-corrected chi connectivity index (χ1v) is 5.22. The highest BCUT2D eigenvalue weighted by Gasteiger charge is 2.48. The number of carbonyl (C=O) groups is 3. The van der Waals surface area contributed by atoms with Crippen molar-refractivity contribution >= 4 is 17.8 Å². The van der Waals surface area contributed by atoms with E-state index in [0.717, 1.165) is 0 Å². The maximum Gasteiger partial charge on any atom is 0.329 e. The molecule has 2 aliphatic rings. The lowest BCUT2D eigenvalue weighted by Gasteiger charge is -2.26. The molecule has 0 spiro atoms. The predicted octanol–water partition coefficient (Wildman–Crippen LogP) is -0.376. The van der Waals surface area contributed by atoms with Gasteiger partial charge in [0.15, 0.2) is 0 Å². The van der Waals surface area contributed by atoms with Crippen molar-refractivity contribution in [3.63, 3.8) is 0 Å². The lowest BCUT2D eigenvalue weighted by atomic mass is 10.1. The third-order valence-corrected chi connectivity index (χ3v) is 3.04. The number of likely N-dealkylation sites (tertiary alicyclic amines) is 1. The molecule has 2 saturated heterocycles. The summed E-state index contributed by atoms with van der Waals surface area (Å²) >= 11 is 0. The topological polar surface area (TPSA) is 83.9 Å². The van der Waals surface area contributed by atoms with Crippen LogP contribution < -0.4 is 0 Å². The fraction of sp³-hybridized carbons (Fsp3) is 0.700. The summed E-state index contributed by atoms with van der Waals surface area (Å²) in [5, 5.41) is 8.70. The number of carboxylic acid groups (broad SMARTS) is 1. The van der Waals surface area contributed by atoms with E-state index in [9.17, 15) is 14.4 Å². The number of ether oxygens (including phenoxy) is 1. The summed E-state index contributed by atoms with van der Waals surface area (Å²) in [6.07, 6.45) is 0.291. The van der Waals surface area contributed by atoms with Crippen LogP contribution in [0.25, 0.3) is 0 Å². The number of nitrogens with zero attached hydrogens (tertiary/aromatic N) is 1. The van der Waals surface area contributed by atoms with Gasteiger partial charge in [0.05, 0.1) is 12.5 Å². The molecule has 6 nitrogen and oxygen atoms in total. The molecular weight excluding hydrogens is 214 g/mol. The Bertz CT molecular complexity index is 353. The van der Waals surface area contributed by atoms with Gasteiger partial charge in [-0.3, -0.25) is 9.59 Å². The van der Waals surface area contributed by atoms with Crippen LogP contribution >= 0.6 is 0 Å². The van der Waals surface area contributed by atoms with Crippen molar-refractivity contribution in [1.82, 2.24) is 4.90 Å². The maximum absolute atomic E-state index is 11.8. The van der Waals surface area contributed by atoms with Gasteiger partial charge in [0, 0.05) is 12.8 Å². The molecule has 6 heteroatoms. The van der Waals surface area contributed by atoms with Gasteiger partial charge in [0.2, 0.25) is 5.91 Å². The van der Waals surface area contributed by atoms with Crippen LogP contribution in [0, 0.1) is 5.92 Å². The Morgan fingerprint density at radius 1 is 1.62 bits per heavy atom. The van der Waals surface area contributed by atoms with Gasteiger partial charge in [-0.1, -0.05) is 6.92 Å². The summed E-state index contributed by atoms with van der Waals surface area (Å²) < 4.78 is 4.94. The van der Waals surface area contributed by atoms with Crippen molar-refractivity contribution in [3.8, 4) is 0 Å². The van der Waals surface area contributed by atoms with Gasteiger partial charge in [0.25, 0.3) is 0 Å². The number of aliphatic carboxylic acids is 1. The number of carboxylic acids is 1. The lowest BCUT2D eigenvalue weighted by Crippen LogP contribution is -2.45. The lowest BCUT2D eigenvalue weighted by molar-refractivity contribution is -0.158. The Morgan fingerprint density at radius 2 is 2.31 bits per heavy atom. The van der Waals surface area contributed by atoms with Crippen LogP contribution in [0.5, 0.6) is 0 Å². The number of amides is 1. The molecule has 2 heterocycles. The zero-order chi connectivity index (χ0) is 11.9. The largest absolute Gasteiger partial charge is 0.481 e. The van der Waals surface area contributed by atoms with Crippen molar-refractivity contribution in [2.24, 2.45) is 5.92 Å². The SMILES string of the molecule is C[C@@H](CC(=O)N1C[C@@H]2C[C@@H]1C(=O)O2)C(=O)O. The van der Waals surface area contributed by atoms with Crippen molar-refractivity contribution in [3.05, 3.63) is 0 Å². The third kappa shape index (κ3) is 1.75. The van der Waals surface area contributed by atoms with Crippen molar-refractivity contribution < 1.29 is 24.2 Å². The van der Waals surface area contributed by atoms with E-state index < -0.39 is 17.9 Å².